The van der Waals surface area contributed by atoms with E-state index in [9.17, 15) is 22.9 Å². The molecule has 0 heterocycles. The predicted octanol–water partition coefficient (Wildman–Crippen LogP) is 8.01. The fraction of sp³-hybridized carbons (Fsp3) is 0.719. The highest BCUT2D eigenvalue weighted by atomic mass is 32.2. The van der Waals surface area contributed by atoms with Crippen LogP contribution in [0, 0.1) is 0 Å². The van der Waals surface area contributed by atoms with Gasteiger partial charge >= 0.3 is 0 Å². The van der Waals surface area contributed by atoms with Gasteiger partial charge in [-0.3, -0.25) is 9.35 Å². The quantitative estimate of drug-likeness (QED) is 0.0558. The first kappa shape index (κ1) is 37.3. The lowest BCUT2D eigenvalue weighted by Gasteiger charge is -2.21. The zero-order valence-electron chi connectivity index (χ0n) is 24.7. The molecule has 0 spiro atoms. The molecule has 0 aromatic carbocycles. The van der Waals surface area contributed by atoms with Crippen molar-refractivity contribution >= 4 is 16.0 Å². The molecule has 6 nitrogen and oxygen atoms in total. The SMILES string of the molecule is CCCCC/C=C\C/C=C\CCCCCCCC(=O)NC(CS(=O)(=O)O)C(O)/C=C/CC/C=C/CCCCC. The van der Waals surface area contributed by atoms with Crippen LogP contribution in [0.15, 0.2) is 48.6 Å². The van der Waals surface area contributed by atoms with Gasteiger partial charge in [-0.2, -0.15) is 8.42 Å². The molecular formula is C32H57NO5S. The van der Waals surface area contributed by atoms with Gasteiger partial charge < -0.3 is 10.4 Å². The highest BCUT2D eigenvalue weighted by Gasteiger charge is 2.24. The lowest BCUT2D eigenvalue weighted by atomic mass is 10.1. The van der Waals surface area contributed by atoms with Gasteiger partial charge in [0.1, 0.15) is 0 Å². The first-order valence-corrected chi connectivity index (χ1v) is 16.9. The second-order valence-corrected chi connectivity index (χ2v) is 11.9. The van der Waals surface area contributed by atoms with Crippen molar-refractivity contribution < 1.29 is 22.9 Å². The molecule has 0 aliphatic carbocycles. The standard InChI is InChI=1S/C32H57NO5S/c1-3-5-7-9-11-13-14-15-16-17-18-20-22-24-26-28-32(35)33-30(29-39(36,37)38)31(34)27-25-23-21-19-12-10-8-6-4-2/h11-13,15-16,19,25,27,30-31,34H,3-10,14,17-18,20-24,26,28-29H2,1-2H3,(H,33,35)(H,36,37,38)/b13-11-,16-15-,19-12+,27-25+. The Morgan fingerprint density at radius 1 is 0.692 bits per heavy atom. The number of carbonyl (C=O) groups excluding carboxylic acids is 1. The number of amides is 1. The van der Waals surface area contributed by atoms with Crippen molar-refractivity contribution in [3.63, 3.8) is 0 Å². The van der Waals surface area contributed by atoms with Crippen molar-refractivity contribution in [2.75, 3.05) is 5.75 Å². The summed E-state index contributed by atoms with van der Waals surface area (Å²) >= 11 is 0. The molecule has 226 valence electrons. The molecule has 0 saturated carbocycles. The summed E-state index contributed by atoms with van der Waals surface area (Å²) in [5.74, 6) is -1.03. The number of aliphatic hydroxyl groups excluding tert-OH is 1. The smallest absolute Gasteiger partial charge is 0.267 e. The number of carbonyl (C=O) groups is 1. The average Bonchev–Trinajstić information content (AvgIpc) is 2.88. The first-order valence-electron chi connectivity index (χ1n) is 15.3. The highest BCUT2D eigenvalue weighted by molar-refractivity contribution is 7.85. The molecule has 39 heavy (non-hydrogen) atoms. The van der Waals surface area contributed by atoms with Crippen LogP contribution in [-0.2, 0) is 14.9 Å². The van der Waals surface area contributed by atoms with Gasteiger partial charge in [0.2, 0.25) is 5.91 Å². The third-order valence-electron chi connectivity index (χ3n) is 6.48. The Balaban J connectivity index is 4.14. The summed E-state index contributed by atoms with van der Waals surface area (Å²) < 4.78 is 32.1. The van der Waals surface area contributed by atoms with Gasteiger partial charge in [0, 0.05) is 6.42 Å². The summed E-state index contributed by atoms with van der Waals surface area (Å²) in [7, 11) is -4.34. The first-order chi connectivity index (χ1) is 18.8. The zero-order valence-corrected chi connectivity index (χ0v) is 25.6. The Bertz CT molecular complexity index is 801. The number of aliphatic hydroxyl groups is 1. The Morgan fingerprint density at radius 3 is 1.77 bits per heavy atom. The minimum absolute atomic E-state index is 0.270. The molecule has 0 rings (SSSR count). The van der Waals surface area contributed by atoms with E-state index in [1.165, 1.54) is 51.0 Å². The van der Waals surface area contributed by atoms with Crippen LogP contribution in [0.2, 0.25) is 0 Å². The number of allylic oxidation sites excluding steroid dienone is 7. The maximum atomic E-state index is 12.4. The second kappa shape index (κ2) is 26.5. The van der Waals surface area contributed by atoms with Gasteiger partial charge in [-0.05, 0) is 64.2 Å². The van der Waals surface area contributed by atoms with Crippen LogP contribution in [0.3, 0.4) is 0 Å². The highest BCUT2D eigenvalue weighted by Crippen LogP contribution is 2.10. The molecule has 0 aromatic heterocycles. The third-order valence-corrected chi connectivity index (χ3v) is 7.26. The Hall–Kier alpha value is -1.70. The van der Waals surface area contributed by atoms with Crippen LogP contribution in [-0.4, -0.2) is 41.9 Å². The van der Waals surface area contributed by atoms with Crippen LogP contribution in [0.1, 0.15) is 129 Å². The minimum Gasteiger partial charge on any atom is -0.387 e. The fourth-order valence-corrected chi connectivity index (χ4v) is 4.87. The number of nitrogens with one attached hydrogen (secondary N) is 1. The van der Waals surface area contributed by atoms with Crippen LogP contribution >= 0.6 is 0 Å². The van der Waals surface area contributed by atoms with E-state index < -0.39 is 28.0 Å². The largest absolute Gasteiger partial charge is 0.387 e. The average molecular weight is 568 g/mol. The van der Waals surface area contributed by atoms with Crippen molar-refractivity contribution in [3.8, 4) is 0 Å². The van der Waals surface area contributed by atoms with Gasteiger partial charge in [-0.15, -0.1) is 0 Å². The lowest BCUT2D eigenvalue weighted by Crippen LogP contribution is -2.46. The number of rotatable bonds is 26. The van der Waals surface area contributed by atoms with Crippen LogP contribution in [0.4, 0.5) is 0 Å². The third kappa shape index (κ3) is 27.7. The normalized spacial score (nSPS) is 14.3. The predicted molar refractivity (Wildman–Crippen MR) is 165 cm³/mol. The van der Waals surface area contributed by atoms with E-state index in [-0.39, 0.29) is 12.3 Å². The van der Waals surface area contributed by atoms with Crippen molar-refractivity contribution in [1.82, 2.24) is 5.32 Å². The molecular weight excluding hydrogens is 510 g/mol. The summed E-state index contributed by atoms with van der Waals surface area (Å²) in [6, 6.07) is -1.08. The van der Waals surface area contributed by atoms with Crippen molar-refractivity contribution in [2.24, 2.45) is 0 Å². The molecule has 3 N–H and O–H groups in total. The second-order valence-electron chi connectivity index (χ2n) is 10.4. The van der Waals surface area contributed by atoms with Gasteiger partial charge in [-0.1, -0.05) is 107 Å². The van der Waals surface area contributed by atoms with Crippen molar-refractivity contribution in [2.45, 2.75) is 142 Å². The van der Waals surface area contributed by atoms with Crippen LogP contribution < -0.4 is 5.32 Å². The van der Waals surface area contributed by atoms with E-state index in [1.54, 1.807) is 6.08 Å². The molecule has 1 amide bonds. The molecule has 0 saturated heterocycles. The molecule has 0 aliphatic rings. The van der Waals surface area contributed by atoms with Crippen molar-refractivity contribution in [1.29, 1.82) is 0 Å². The Labute approximate surface area is 239 Å². The van der Waals surface area contributed by atoms with E-state index in [4.69, 9.17) is 0 Å². The molecule has 0 aliphatic heterocycles. The van der Waals surface area contributed by atoms with E-state index in [0.29, 0.717) is 12.8 Å². The summed E-state index contributed by atoms with van der Waals surface area (Å²) in [4.78, 5) is 12.4. The van der Waals surface area contributed by atoms with E-state index in [1.807, 2.05) is 0 Å². The maximum Gasteiger partial charge on any atom is 0.267 e. The van der Waals surface area contributed by atoms with Gasteiger partial charge in [0.15, 0.2) is 0 Å². The Morgan fingerprint density at radius 2 is 1.18 bits per heavy atom. The molecule has 7 heteroatoms. The van der Waals surface area contributed by atoms with E-state index in [0.717, 1.165) is 51.4 Å². The number of hydrogen-bond acceptors (Lipinski definition) is 4. The molecule has 2 atom stereocenters. The van der Waals surface area contributed by atoms with Gasteiger partial charge in [0.25, 0.3) is 10.1 Å². The van der Waals surface area contributed by atoms with Gasteiger partial charge in [0.05, 0.1) is 17.9 Å². The molecule has 0 bridgehead atoms. The number of unbranched alkanes of at least 4 members (excludes halogenated alkanes) is 12. The molecule has 2 unspecified atom stereocenters. The monoisotopic (exact) mass is 567 g/mol. The summed E-state index contributed by atoms with van der Waals surface area (Å²) in [5, 5.41) is 13.0. The zero-order chi connectivity index (χ0) is 29.0. The summed E-state index contributed by atoms with van der Waals surface area (Å²) in [6.07, 6.45) is 33.8. The van der Waals surface area contributed by atoms with Gasteiger partial charge in [-0.25, -0.2) is 0 Å². The lowest BCUT2D eigenvalue weighted by molar-refractivity contribution is -0.122. The summed E-state index contributed by atoms with van der Waals surface area (Å²) in [6.45, 7) is 4.40. The topological polar surface area (TPSA) is 104 Å². The molecule has 0 radical (unpaired) electrons. The number of hydrogen-bond donors (Lipinski definition) is 3. The van der Waals surface area contributed by atoms with E-state index >= 15 is 0 Å². The fourth-order valence-electron chi connectivity index (χ4n) is 4.14. The minimum atomic E-state index is -4.34. The summed E-state index contributed by atoms with van der Waals surface area (Å²) in [5.41, 5.74) is 0. The maximum absolute atomic E-state index is 12.4. The van der Waals surface area contributed by atoms with E-state index in [2.05, 4.69) is 55.6 Å². The van der Waals surface area contributed by atoms with Crippen molar-refractivity contribution in [3.05, 3.63) is 48.6 Å². The van der Waals surface area contributed by atoms with Crippen LogP contribution in [0.25, 0.3) is 0 Å². The Kier molecular flexibility index (Phi) is 25.4. The molecule has 0 aromatic rings. The molecule has 0 fully saturated rings. The van der Waals surface area contributed by atoms with Crippen LogP contribution in [0.5, 0.6) is 0 Å².